The molecule has 3 rings (SSSR count). The molecule has 2 amide bonds. The van der Waals surface area contributed by atoms with Gasteiger partial charge in [-0.2, -0.15) is 0 Å². The molecular formula is C20H24N2O3. The van der Waals surface area contributed by atoms with E-state index in [0.29, 0.717) is 11.3 Å². The first-order valence-electron chi connectivity index (χ1n) is 8.51. The number of nitrogens with one attached hydrogen (secondary N) is 2. The molecule has 1 aliphatic carbocycles. The van der Waals surface area contributed by atoms with Gasteiger partial charge in [0.1, 0.15) is 11.5 Å². The summed E-state index contributed by atoms with van der Waals surface area (Å²) in [6, 6.07) is 8.90. The van der Waals surface area contributed by atoms with Gasteiger partial charge < -0.3 is 15.1 Å². The van der Waals surface area contributed by atoms with Crippen LogP contribution in [-0.2, 0) is 11.2 Å². The molecule has 5 nitrogen and oxygen atoms in total. The Morgan fingerprint density at radius 2 is 2.00 bits per heavy atom. The molecule has 0 aliphatic heterocycles. The molecular weight excluding hydrogens is 316 g/mol. The van der Waals surface area contributed by atoms with E-state index in [0.717, 1.165) is 29.9 Å². The molecule has 2 N–H and O–H groups in total. The normalized spacial score (nSPS) is 18.3. The Morgan fingerprint density at radius 3 is 2.72 bits per heavy atom. The molecule has 1 atom stereocenters. The zero-order valence-electron chi connectivity index (χ0n) is 15.1. The van der Waals surface area contributed by atoms with Crippen LogP contribution in [0.5, 0.6) is 0 Å². The number of amides is 2. The summed E-state index contributed by atoms with van der Waals surface area (Å²) < 4.78 is 5.82. The van der Waals surface area contributed by atoms with E-state index in [1.807, 2.05) is 13.0 Å². The lowest BCUT2D eigenvalue weighted by molar-refractivity contribution is -0.114. The number of furan rings is 1. The van der Waals surface area contributed by atoms with Crippen molar-refractivity contribution < 1.29 is 14.0 Å². The Balaban J connectivity index is 1.82. The van der Waals surface area contributed by atoms with Crippen molar-refractivity contribution in [1.82, 2.24) is 5.32 Å². The number of hydrogen-bond donors (Lipinski definition) is 2. The molecule has 1 unspecified atom stereocenters. The van der Waals surface area contributed by atoms with Gasteiger partial charge in [0.25, 0.3) is 5.91 Å². The summed E-state index contributed by atoms with van der Waals surface area (Å²) in [5, 5.41) is 5.83. The van der Waals surface area contributed by atoms with Crippen LogP contribution in [0.25, 0.3) is 0 Å². The van der Waals surface area contributed by atoms with Crippen molar-refractivity contribution in [2.24, 2.45) is 5.41 Å². The van der Waals surface area contributed by atoms with Crippen LogP contribution in [0.2, 0.25) is 0 Å². The summed E-state index contributed by atoms with van der Waals surface area (Å²) >= 11 is 0. The Morgan fingerprint density at radius 1 is 1.24 bits per heavy atom. The molecule has 1 heterocycles. The van der Waals surface area contributed by atoms with Gasteiger partial charge >= 0.3 is 0 Å². The van der Waals surface area contributed by atoms with Crippen molar-refractivity contribution in [3.05, 3.63) is 53.0 Å². The van der Waals surface area contributed by atoms with Crippen LogP contribution in [-0.4, -0.2) is 11.8 Å². The second kappa shape index (κ2) is 6.39. The minimum absolute atomic E-state index is 0.0628. The van der Waals surface area contributed by atoms with Gasteiger partial charge in [0.2, 0.25) is 5.91 Å². The molecule has 5 heteroatoms. The quantitative estimate of drug-likeness (QED) is 0.887. The smallest absolute Gasteiger partial charge is 0.251 e. The molecule has 132 valence electrons. The van der Waals surface area contributed by atoms with Gasteiger partial charge in [-0.05, 0) is 43.0 Å². The number of fused-ring (bicyclic) bond motifs is 1. The van der Waals surface area contributed by atoms with Crippen LogP contribution in [0, 0.1) is 12.3 Å². The summed E-state index contributed by atoms with van der Waals surface area (Å²) in [5.41, 5.74) is 2.27. The maximum absolute atomic E-state index is 12.7. The van der Waals surface area contributed by atoms with Crippen molar-refractivity contribution in [3.8, 4) is 0 Å². The number of carbonyl (C=O) groups excluding carboxylic acids is 2. The van der Waals surface area contributed by atoms with Crippen LogP contribution in [0.1, 0.15) is 60.7 Å². The number of aryl methyl sites for hydroxylation is 1. The Labute approximate surface area is 147 Å². The third-order valence-corrected chi connectivity index (χ3v) is 4.49. The summed E-state index contributed by atoms with van der Waals surface area (Å²) in [6.07, 6.45) is 1.73. The highest BCUT2D eigenvalue weighted by Gasteiger charge is 2.35. The highest BCUT2D eigenvalue weighted by molar-refractivity contribution is 5.97. The SMILES string of the molecule is CC(=O)Nc1cccc(C(=O)NC2CC(C)(C)Cc3oc(C)cc32)c1. The second-order valence-electron chi connectivity index (χ2n) is 7.57. The molecule has 0 fully saturated rings. The van der Waals surface area contributed by atoms with E-state index in [-0.39, 0.29) is 23.3 Å². The van der Waals surface area contributed by atoms with Crippen molar-refractivity contribution >= 4 is 17.5 Å². The lowest BCUT2D eigenvalue weighted by Crippen LogP contribution is -2.36. The average molecular weight is 340 g/mol. The monoisotopic (exact) mass is 340 g/mol. The van der Waals surface area contributed by atoms with Gasteiger partial charge in [-0.1, -0.05) is 19.9 Å². The van der Waals surface area contributed by atoms with Gasteiger partial charge in [0, 0.05) is 30.2 Å². The first-order valence-corrected chi connectivity index (χ1v) is 8.51. The Bertz CT molecular complexity index is 820. The molecule has 0 bridgehead atoms. The maximum atomic E-state index is 12.7. The standard InChI is InChI=1S/C20H24N2O3/c1-12-8-16-17(10-20(3,4)11-18(16)25-12)22-19(24)14-6-5-7-15(9-14)21-13(2)23/h5-9,17H,10-11H2,1-4H3,(H,21,23)(H,22,24). The molecule has 1 aromatic heterocycles. The number of hydrogen-bond acceptors (Lipinski definition) is 3. The lowest BCUT2D eigenvalue weighted by Gasteiger charge is -2.34. The molecule has 1 aliphatic rings. The minimum atomic E-state index is -0.162. The second-order valence-corrected chi connectivity index (χ2v) is 7.57. The van der Waals surface area contributed by atoms with Crippen molar-refractivity contribution in [2.75, 3.05) is 5.32 Å². The summed E-state index contributed by atoms with van der Waals surface area (Å²) in [7, 11) is 0. The molecule has 0 spiro atoms. The van der Waals surface area contributed by atoms with Gasteiger partial charge in [-0.15, -0.1) is 0 Å². The van der Waals surface area contributed by atoms with Crippen molar-refractivity contribution in [1.29, 1.82) is 0 Å². The van der Waals surface area contributed by atoms with Crippen LogP contribution < -0.4 is 10.6 Å². The number of rotatable bonds is 3. The van der Waals surface area contributed by atoms with E-state index in [9.17, 15) is 9.59 Å². The number of benzene rings is 1. The highest BCUT2D eigenvalue weighted by atomic mass is 16.3. The molecule has 2 aromatic rings. The van der Waals surface area contributed by atoms with Crippen molar-refractivity contribution in [2.45, 2.75) is 46.6 Å². The summed E-state index contributed by atoms with van der Waals surface area (Å²) in [4.78, 5) is 23.9. The van der Waals surface area contributed by atoms with Crippen LogP contribution in [0.15, 0.2) is 34.7 Å². The number of carbonyl (C=O) groups is 2. The topological polar surface area (TPSA) is 71.3 Å². The predicted octanol–water partition coefficient (Wildman–Crippen LogP) is 3.99. The van der Waals surface area contributed by atoms with Crippen LogP contribution >= 0.6 is 0 Å². The Kier molecular flexibility index (Phi) is 4.41. The minimum Gasteiger partial charge on any atom is -0.466 e. The van der Waals surface area contributed by atoms with E-state index in [1.165, 1.54) is 6.92 Å². The molecule has 25 heavy (non-hydrogen) atoms. The summed E-state index contributed by atoms with van der Waals surface area (Å²) in [5.74, 6) is 1.52. The van der Waals surface area contributed by atoms with Crippen LogP contribution in [0.3, 0.4) is 0 Å². The zero-order chi connectivity index (χ0) is 18.2. The van der Waals surface area contributed by atoms with Gasteiger partial charge in [0.05, 0.1) is 6.04 Å². The predicted molar refractivity (Wildman–Crippen MR) is 96.5 cm³/mol. The molecule has 0 radical (unpaired) electrons. The molecule has 0 saturated heterocycles. The third kappa shape index (κ3) is 3.92. The fourth-order valence-corrected chi connectivity index (χ4v) is 3.50. The first-order chi connectivity index (χ1) is 11.7. The fraction of sp³-hybridized carbons (Fsp3) is 0.400. The fourth-order valence-electron chi connectivity index (χ4n) is 3.50. The first kappa shape index (κ1) is 17.3. The van der Waals surface area contributed by atoms with E-state index < -0.39 is 0 Å². The Hall–Kier alpha value is -2.56. The van der Waals surface area contributed by atoms with Gasteiger partial charge in [-0.3, -0.25) is 9.59 Å². The molecule has 0 saturated carbocycles. The van der Waals surface area contributed by atoms with E-state index in [1.54, 1.807) is 24.3 Å². The zero-order valence-corrected chi connectivity index (χ0v) is 15.1. The van der Waals surface area contributed by atoms with E-state index >= 15 is 0 Å². The average Bonchev–Trinajstić information content (AvgIpc) is 2.85. The van der Waals surface area contributed by atoms with Gasteiger partial charge in [0.15, 0.2) is 0 Å². The molecule has 1 aromatic carbocycles. The third-order valence-electron chi connectivity index (χ3n) is 4.49. The van der Waals surface area contributed by atoms with Crippen LogP contribution in [0.4, 0.5) is 5.69 Å². The summed E-state index contributed by atoms with van der Waals surface area (Å²) in [6.45, 7) is 7.75. The van der Waals surface area contributed by atoms with Crippen molar-refractivity contribution in [3.63, 3.8) is 0 Å². The van der Waals surface area contributed by atoms with Gasteiger partial charge in [-0.25, -0.2) is 0 Å². The number of anilines is 1. The maximum Gasteiger partial charge on any atom is 0.251 e. The largest absolute Gasteiger partial charge is 0.466 e. The van der Waals surface area contributed by atoms with E-state index in [2.05, 4.69) is 24.5 Å². The highest BCUT2D eigenvalue weighted by Crippen LogP contribution is 2.42. The van der Waals surface area contributed by atoms with E-state index in [4.69, 9.17) is 4.42 Å². The lowest BCUT2D eigenvalue weighted by atomic mass is 9.74.